The molecule has 1 N–H and O–H groups in total. The van der Waals surface area contributed by atoms with Crippen molar-refractivity contribution in [3.05, 3.63) is 12.2 Å². The molecule has 108 valence electrons. The SMILES string of the molecule is C=C1C(=O)OC2C1CCC1(C)OC13C1OC1C(C)(O)C23. The Morgan fingerprint density at radius 3 is 2.85 bits per heavy atom. The summed E-state index contributed by atoms with van der Waals surface area (Å²) in [4.78, 5) is 11.9. The van der Waals surface area contributed by atoms with E-state index in [1.54, 1.807) is 6.92 Å². The first kappa shape index (κ1) is 11.7. The number of rotatable bonds is 0. The minimum Gasteiger partial charge on any atom is -0.458 e. The van der Waals surface area contributed by atoms with Gasteiger partial charge in [-0.3, -0.25) is 0 Å². The Labute approximate surface area is 116 Å². The van der Waals surface area contributed by atoms with Crippen LogP contribution in [0.3, 0.4) is 0 Å². The van der Waals surface area contributed by atoms with E-state index >= 15 is 0 Å². The van der Waals surface area contributed by atoms with Crippen LogP contribution in [0.4, 0.5) is 0 Å². The van der Waals surface area contributed by atoms with Crippen molar-refractivity contribution < 1.29 is 24.1 Å². The van der Waals surface area contributed by atoms with Crippen molar-refractivity contribution in [2.24, 2.45) is 11.8 Å². The summed E-state index contributed by atoms with van der Waals surface area (Å²) < 4.78 is 17.4. The number of carbonyl (C=O) groups excluding carboxylic acids is 1. The topological polar surface area (TPSA) is 71.6 Å². The van der Waals surface area contributed by atoms with E-state index in [0.717, 1.165) is 12.8 Å². The molecule has 5 rings (SSSR count). The number of fused-ring (bicyclic) bond motifs is 3. The van der Waals surface area contributed by atoms with E-state index in [4.69, 9.17) is 14.2 Å². The zero-order chi connectivity index (χ0) is 14.1. The summed E-state index contributed by atoms with van der Waals surface area (Å²) in [5, 5.41) is 10.9. The predicted molar refractivity (Wildman–Crippen MR) is 66.7 cm³/mol. The molecule has 5 aliphatic rings. The third-order valence-corrected chi connectivity index (χ3v) is 6.37. The van der Waals surface area contributed by atoms with Crippen molar-refractivity contribution in [3.8, 4) is 0 Å². The van der Waals surface area contributed by atoms with Crippen molar-refractivity contribution in [1.82, 2.24) is 0 Å². The average Bonchev–Trinajstić information content (AvgIpc) is 3.19. The van der Waals surface area contributed by atoms with E-state index in [1.165, 1.54) is 0 Å². The third kappa shape index (κ3) is 0.954. The van der Waals surface area contributed by atoms with Crippen LogP contribution in [0.2, 0.25) is 0 Å². The van der Waals surface area contributed by atoms with Crippen LogP contribution in [0, 0.1) is 11.8 Å². The molecule has 3 aliphatic heterocycles. The molecule has 8 atom stereocenters. The summed E-state index contributed by atoms with van der Waals surface area (Å²) in [6.45, 7) is 7.76. The maximum Gasteiger partial charge on any atom is 0.334 e. The van der Waals surface area contributed by atoms with E-state index in [1.807, 2.05) is 0 Å². The van der Waals surface area contributed by atoms with Crippen LogP contribution >= 0.6 is 0 Å². The van der Waals surface area contributed by atoms with Gasteiger partial charge in [0.25, 0.3) is 0 Å². The first-order chi connectivity index (χ1) is 9.33. The highest BCUT2D eigenvalue weighted by Crippen LogP contribution is 2.74. The first-order valence-corrected chi connectivity index (χ1v) is 7.31. The Morgan fingerprint density at radius 1 is 1.35 bits per heavy atom. The maximum absolute atomic E-state index is 11.9. The second-order valence-electron chi connectivity index (χ2n) is 7.35. The van der Waals surface area contributed by atoms with Gasteiger partial charge in [0.2, 0.25) is 0 Å². The lowest BCUT2D eigenvalue weighted by Gasteiger charge is -2.35. The Bertz CT molecular complexity index is 569. The maximum atomic E-state index is 11.9. The van der Waals surface area contributed by atoms with Gasteiger partial charge >= 0.3 is 5.97 Å². The van der Waals surface area contributed by atoms with Gasteiger partial charge in [-0.2, -0.15) is 0 Å². The molecule has 0 aromatic heterocycles. The number of epoxide rings is 2. The molecular formula is C15H18O5. The summed E-state index contributed by atoms with van der Waals surface area (Å²) in [5.74, 6) is -0.544. The molecule has 20 heavy (non-hydrogen) atoms. The van der Waals surface area contributed by atoms with Gasteiger partial charge in [-0.1, -0.05) is 6.58 Å². The first-order valence-electron chi connectivity index (χ1n) is 7.31. The monoisotopic (exact) mass is 278 g/mol. The van der Waals surface area contributed by atoms with Crippen LogP contribution in [-0.4, -0.2) is 46.2 Å². The molecule has 2 saturated carbocycles. The van der Waals surface area contributed by atoms with E-state index in [2.05, 4.69) is 13.5 Å². The Hall–Kier alpha value is -0.910. The minimum atomic E-state index is -1.01. The summed E-state index contributed by atoms with van der Waals surface area (Å²) in [7, 11) is 0. The average molecular weight is 278 g/mol. The standard InChI is InChI=1S/C15H18O5/c1-6-7-4-5-13(2)15(20-13)9(8(7)18-12(6)16)14(3,17)10-11(15)19-10/h7-11,17H,1,4-5H2,2-3H3. The Balaban J connectivity index is 1.67. The van der Waals surface area contributed by atoms with Gasteiger partial charge < -0.3 is 19.3 Å². The van der Waals surface area contributed by atoms with Crippen LogP contribution in [0.5, 0.6) is 0 Å². The fraction of sp³-hybridized carbons (Fsp3) is 0.800. The van der Waals surface area contributed by atoms with Gasteiger partial charge in [-0.05, 0) is 26.7 Å². The van der Waals surface area contributed by atoms with E-state index in [9.17, 15) is 9.90 Å². The highest BCUT2D eigenvalue weighted by molar-refractivity contribution is 5.91. The number of aliphatic hydroxyl groups is 1. The smallest absolute Gasteiger partial charge is 0.334 e. The molecule has 0 bridgehead atoms. The molecule has 5 nitrogen and oxygen atoms in total. The lowest BCUT2D eigenvalue weighted by Crippen LogP contribution is -2.51. The quantitative estimate of drug-likeness (QED) is 0.398. The lowest BCUT2D eigenvalue weighted by molar-refractivity contribution is -0.153. The van der Waals surface area contributed by atoms with E-state index in [0.29, 0.717) is 5.57 Å². The summed E-state index contributed by atoms with van der Waals surface area (Å²) in [6, 6.07) is 0. The van der Waals surface area contributed by atoms with Crippen molar-refractivity contribution in [3.63, 3.8) is 0 Å². The van der Waals surface area contributed by atoms with Crippen molar-refractivity contribution in [2.45, 2.75) is 61.8 Å². The zero-order valence-electron chi connectivity index (χ0n) is 11.6. The largest absolute Gasteiger partial charge is 0.458 e. The van der Waals surface area contributed by atoms with Gasteiger partial charge in [0.15, 0.2) is 0 Å². The number of ether oxygens (including phenoxy) is 3. The van der Waals surface area contributed by atoms with Crippen molar-refractivity contribution in [2.75, 3.05) is 0 Å². The molecule has 0 radical (unpaired) electrons. The molecule has 2 aliphatic carbocycles. The summed E-state index contributed by atoms with van der Waals surface area (Å²) in [6.07, 6.45) is 1.09. The highest BCUT2D eigenvalue weighted by atomic mass is 16.7. The van der Waals surface area contributed by atoms with Crippen LogP contribution in [0.1, 0.15) is 26.7 Å². The summed E-state index contributed by atoms with van der Waals surface area (Å²) >= 11 is 0. The van der Waals surface area contributed by atoms with Crippen LogP contribution in [0.15, 0.2) is 12.2 Å². The second kappa shape index (κ2) is 2.85. The molecule has 0 aromatic carbocycles. The van der Waals surface area contributed by atoms with Gasteiger partial charge in [-0.15, -0.1) is 0 Å². The second-order valence-corrected chi connectivity index (χ2v) is 7.35. The van der Waals surface area contributed by atoms with E-state index < -0.39 is 11.2 Å². The normalized spacial score (nSPS) is 65.7. The molecule has 1 spiro atoms. The fourth-order valence-corrected chi connectivity index (χ4v) is 5.29. The van der Waals surface area contributed by atoms with Gasteiger partial charge in [0.05, 0.1) is 11.5 Å². The molecule has 3 saturated heterocycles. The minimum absolute atomic E-state index is 0.00146. The van der Waals surface area contributed by atoms with Gasteiger partial charge in [-0.25, -0.2) is 4.79 Å². The van der Waals surface area contributed by atoms with Gasteiger partial charge in [0.1, 0.15) is 29.5 Å². The molecule has 0 amide bonds. The highest BCUT2D eigenvalue weighted by Gasteiger charge is 2.91. The van der Waals surface area contributed by atoms with Crippen LogP contribution in [0.25, 0.3) is 0 Å². The van der Waals surface area contributed by atoms with Gasteiger partial charge in [0, 0.05) is 11.5 Å². The van der Waals surface area contributed by atoms with E-state index in [-0.39, 0.29) is 41.7 Å². The number of esters is 1. The number of hydrogen-bond donors (Lipinski definition) is 1. The lowest BCUT2D eigenvalue weighted by atomic mass is 9.75. The fourth-order valence-electron chi connectivity index (χ4n) is 5.29. The molecular weight excluding hydrogens is 260 g/mol. The van der Waals surface area contributed by atoms with Crippen molar-refractivity contribution in [1.29, 1.82) is 0 Å². The number of carbonyl (C=O) groups is 1. The Morgan fingerprint density at radius 2 is 2.10 bits per heavy atom. The Kier molecular flexibility index (Phi) is 1.67. The van der Waals surface area contributed by atoms with Crippen LogP contribution < -0.4 is 0 Å². The molecule has 5 heteroatoms. The molecule has 8 unspecified atom stereocenters. The summed E-state index contributed by atoms with van der Waals surface area (Å²) in [5.41, 5.74) is -1.21. The predicted octanol–water partition coefficient (Wildman–Crippen LogP) is 0.554. The van der Waals surface area contributed by atoms with Crippen LogP contribution in [-0.2, 0) is 19.0 Å². The molecule has 5 fully saturated rings. The van der Waals surface area contributed by atoms with Crippen molar-refractivity contribution >= 4 is 5.97 Å². The number of hydrogen-bond acceptors (Lipinski definition) is 5. The molecule has 0 aromatic rings. The zero-order valence-corrected chi connectivity index (χ0v) is 11.6. The molecule has 3 heterocycles. The third-order valence-electron chi connectivity index (χ3n) is 6.37.